The van der Waals surface area contributed by atoms with Crippen molar-refractivity contribution in [2.45, 2.75) is 19.1 Å². The molecule has 1 atom stereocenters. The molecule has 0 amide bonds. The Morgan fingerprint density at radius 3 is 2.73 bits per heavy atom. The van der Waals surface area contributed by atoms with Gasteiger partial charge in [0.05, 0.1) is 17.2 Å². The highest BCUT2D eigenvalue weighted by Gasteiger charge is 2.36. The van der Waals surface area contributed by atoms with Crippen molar-refractivity contribution in [1.82, 2.24) is 29.6 Å². The molecule has 0 aliphatic carbocycles. The van der Waals surface area contributed by atoms with E-state index in [2.05, 4.69) is 25.7 Å². The molecule has 26 heavy (non-hydrogen) atoms. The maximum Gasteiger partial charge on any atom is 0.408 e. The summed E-state index contributed by atoms with van der Waals surface area (Å²) in [6.45, 7) is 1.02. The number of benzene rings is 1. The van der Waals surface area contributed by atoms with Crippen molar-refractivity contribution in [2.24, 2.45) is 7.05 Å². The van der Waals surface area contributed by atoms with Crippen LogP contribution in [0.1, 0.15) is 6.92 Å². The summed E-state index contributed by atoms with van der Waals surface area (Å²) in [5, 5.41) is 14.4. The molecule has 0 aliphatic rings. The Hall–Kier alpha value is -3.17. The molecule has 3 aromatic heterocycles. The molecule has 4 aromatic rings. The van der Waals surface area contributed by atoms with Gasteiger partial charge in [0.2, 0.25) is 5.95 Å². The van der Waals surface area contributed by atoms with Gasteiger partial charge in [-0.05, 0) is 30.7 Å². The Morgan fingerprint density at radius 2 is 1.96 bits per heavy atom. The van der Waals surface area contributed by atoms with Crippen LogP contribution in [-0.4, -0.2) is 41.8 Å². The number of anilines is 1. The Kier molecular flexibility index (Phi) is 3.56. The molecule has 0 bridgehead atoms. The van der Waals surface area contributed by atoms with Gasteiger partial charge in [0, 0.05) is 18.8 Å². The van der Waals surface area contributed by atoms with Gasteiger partial charge in [-0.25, -0.2) is 14.2 Å². The first kappa shape index (κ1) is 16.3. The van der Waals surface area contributed by atoms with Gasteiger partial charge in [0.15, 0.2) is 0 Å². The van der Waals surface area contributed by atoms with Crippen LogP contribution in [0.5, 0.6) is 0 Å². The lowest BCUT2D eigenvalue weighted by atomic mass is 10.1. The van der Waals surface area contributed by atoms with E-state index in [0.29, 0.717) is 5.52 Å². The summed E-state index contributed by atoms with van der Waals surface area (Å²) in [6.07, 6.45) is -1.19. The number of halogens is 3. The average molecular weight is 361 g/mol. The molecule has 10 heteroatoms. The maximum absolute atomic E-state index is 12.7. The summed E-state index contributed by atoms with van der Waals surface area (Å²) < 4.78 is 41.2. The molecule has 7 nitrogen and oxygen atoms in total. The van der Waals surface area contributed by atoms with Gasteiger partial charge in [0.25, 0.3) is 0 Å². The molecule has 1 N–H and O–H groups in total. The van der Waals surface area contributed by atoms with Gasteiger partial charge < -0.3 is 5.32 Å². The number of hydrogen-bond donors (Lipinski definition) is 1. The molecule has 0 saturated carbocycles. The van der Waals surface area contributed by atoms with Crippen LogP contribution in [0.15, 0.2) is 36.7 Å². The molecule has 0 saturated heterocycles. The number of nitrogens with one attached hydrogen (secondary N) is 1. The number of rotatable bonds is 3. The van der Waals surface area contributed by atoms with Crippen molar-refractivity contribution in [1.29, 1.82) is 0 Å². The third kappa shape index (κ3) is 2.72. The van der Waals surface area contributed by atoms with Crippen molar-refractivity contribution < 1.29 is 13.2 Å². The molecule has 0 radical (unpaired) electrons. The third-order valence-corrected chi connectivity index (χ3v) is 4.18. The number of aryl methyl sites for hydroxylation is 1. The summed E-state index contributed by atoms with van der Waals surface area (Å²) in [4.78, 5) is 4.02. The molecular formula is C16H14F3N7. The SMILES string of the molecule is C[C@@H](Nc1ncc2c(-c3ccc4nnn(C)c4c3)ccn2n1)C(F)(F)F. The van der Waals surface area contributed by atoms with Gasteiger partial charge in [-0.2, -0.15) is 13.2 Å². The predicted octanol–water partition coefficient (Wildman–Crippen LogP) is 3.04. The topological polar surface area (TPSA) is 72.9 Å². The highest BCUT2D eigenvalue weighted by atomic mass is 19.4. The Labute approximate surface area is 145 Å². The molecular weight excluding hydrogens is 347 g/mol. The standard InChI is InChI=1S/C16H14F3N7/c1-9(16(17,18)19)21-15-20-8-14-11(5-6-26(14)23-15)10-3-4-12-13(7-10)25(2)24-22-12/h3-9H,1-2H3,(H,21,23)/t9-/m1/s1. The fourth-order valence-corrected chi connectivity index (χ4v) is 2.68. The molecule has 0 spiro atoms. The fraction of sp³-hybridized carbons (Fsp3) is 0.250. The number of hydrogen-bond acceptors (Lipinski definition) is 5. The second kappa shape index (κ2) is 5.68. The number of fused-ring (bicyclic) bond motifs is 2. The van der Waals surface area contributed by atoms with Gasteiger partial charge in [-0.15, -0.1) is 10.2 Å². The molecule has 0 fully saturated rings. The van der Waals surface area contributed by atoms with E-state index in [9.17, 15) is 13.2 Å². The predicted molar refractivity (Wildman–Crippen MR) is 89.6 cm³/mol. The van der Waals surface area contributed by atoms with Crippen LogP contribution in [0.25, 0.3) is 27.7 Å². The number of nitrogens with zero attached hydrogens (tertiary/aromatic N) is 6. The van der Waals surface area contributed by atoms with Crippen molar-refractivity contribution in [3.05, 3.63) is 36.7 Å². The van der Waals surface area contributed by atoms with Crippen LogP contribution in [0.4, 0.5) is 19.1 Å². The normalized spacial score (nSPS) is 13.4. The summed E-state index contributed by atoms with van der Waals surface area (Å²) >= 11 is 0. The largest absolute Gasteiger partial charge is 0.408 e. The minimum atomic E-state index is -4.37. The van der Waals surface area contributed by atoms with Crippen LogP contribution in [-0.2, 0) is 7.05 Å². The third-order valence-electron chi connectivity index (χ3n) is 4.18. The van der Waals surface area contributed by atoms with Crippen LogP contribution in [0.3, 0.4) is 0 Å². The second-order valence-electron chi connectivity index (χ2n) is 5.97. The molecule has 0 unspecified atom stereocenters. The van der Waals surface area contributed by atoms with E-state index < -0.39 is 12.2 Å². The fourth-order valence-electron chi connectivity index (χ4n) is 2.68. The molecule has 0 aliphatic heterocycles. The van der Waals surface area contributed by atoms with E-state index in [0.717, 1.165) is 29.1 Å². The van der Waals surface area contributed by atoms with E-state index in [4.69, 9.17) is 0 Å². The summed E-state index contributed by atoms with van der Waals surface area (Å²) in [5.74, 6) is -0.0873. The monoisotopic (exact) mass is 361 g/mol. The van der Waals surface area contributed by atoms with E-state index in [1.54, 1.807) is 17.9 Å². The zero-order valence-electron chi connectivity index (χ0n) is 13.9. The summed E-state index contributed by atoms with van der Waals surface area (Å²) in [6, 6.07) is 5.82. The molecule has 3 heterocycles. The first-order valence-corrected chi connectivity index (χ1v) is 7.80. The van der Waals surface area contributed by atoms with Gasteiger partial charge in [0.1, 0.15) is 11.6 Å². The van der Waals surface area contributed by atoms with E-state index >= 15 is 0 Å². The van der Waals surface area contributed by atoms with E-state index in [-0.39, 0.29) is 5.95 Å². The minimum absolute atomic E-state index is 0.0873. The van der Waals surface area contributed by atoms with Crippen LogP contribution in [0, 0.1) is 0 Å². The van der Waals surface area contributed by atoms with Crippen molar-refractivity contribution in [3.8, 4) is 11.1 Å². The Bertz CT molecular complexity index is 1100. The second-order valence-corrected chi connectivity index (χ2v) is 5.97. The lowest BCUT2D eigenvalue weighted by Crippen LogP contribution is -2.33. The minimum Gasteiger partial charge on any atom is -0.341 e. The average Bonchev–Trinajstić information content (AvgIpc) is 3.17. The van der Waals surface area contributed by atoms with Gasteiger partial charge in [-0.1, -0.05) is 11.3 Å². The summed E-state index contributed by atoms with van der Waals surface area (Å²) in [5.41, 5.74) is 4.12. The Balaban J connectivity index is 1.71. The van der Waals surface area contributed by atoms with Crippen LogP contribution < -0.4 is 5.32 Å². The van der Waals surface area contributed by atoms with Crippen molar-refractivity contribution >= 4 is 22.5 Å². The van der Waals surface area contributed by atoms with Gasteiger partial charge in [-0.3, -0.25) is 0 Å². The smallest absolute Gasteiger partial charge is 0.341 e. The van der Waals surface area contributed by atoms with Crippen molar-refractivity contribution in [2.75, 3.05) is 5.32 Å². The quantitative estimate of drug-likeness (QED) is 0.607. The number of aromatic nitrogens is 6. The Morgan fingerprint density at radius 1 is 1.15 bits per heavy atom. The lowest BCUT2D eigenvalue weighted by Gasteiger charge is -2.16. The van der Waals surface area contributed by atoms with Crippen LogP contribution in [0.2, 0.25) is 0 Å². The number of alkyl halides is 3. The van der Waals surface area contributed by atoms with Crippen LogP contribution >= 0.6 is 0 Å². The lowest BCUT2D eigenvalue weighted by molar-refractivity contribution is -0.138. The highest BCUT2D eigenvalue weighted by Crippen LogP contribution is 2.28. The molecule has 4 rings (SSSR count). The van der Waals surface area contributed by atoms with E-state index in [1.165, 1.54) is 10.7 Å². The summed E-state index contributed by atoms with van der Waals surface area (Å²) in [7, 11) is 1.81. The van der Waals surface area contributed by atoms with Gasteiger partial charge >= 0.3 is 6.18 Å². The van der Waals surface area contributed by atoms with Crippen molar-refractivity contribution in [3.63, 3.8) is 0 Å². The maximum atomic E-state index is 12.7. The zero-order valence-corrected chi connectivity index (χ0v) is 13.9. The van der Waals surface area contributed by atoms with E-state index in [1.807, 2.05) is 24.3 Å². The zero-order chi connectivity index (χ0) is 18.5. The molecule has 1 aromatic carbocycles. The first-order chi connectivity index (χ1) is 12.3. The molecule has 134 valence electrons. The highest BCUT2D eigenvalue weighted by molar-refractivity contribution is 5.87. The first-order valence-electron chi connectivity index (χ1n) is 7.80.